The van der Waals surface area contributed by atoms with Crippen molar-refractivity contribution in [1.29, 1.82) is 5.26 Å². The standard InChI is InChI=1S/C23H24N6O3S/c1-15-12-17(16(2)29(15)19-4-6-20(31-3)7-5-19)13-18(14-24)21(30)25-22-26-27-23(33-22)28-8-10-32-11-9-28/h4-7,12-13H,8-11H2,1-3H3,(H,25,26,30)/b18-13-. The molecule has 0 unspecified atom stereocenters. The van der Waals surface area contributed by atoms with Crippen molar-refractivity contribution in [3.8, 4) is 17.5 Å². The molecule has 1 amide bonds. The number of morpholine rings is 1. The van der Waals surface area contributed by atoms with E-state index in [2.05, 4.69) is 25.0 Å². The average molecular weight is 465 g/mol. The van der Waals surface area contributed by atoms with Crippen molar-refractivity contribution in [3.05, 3.63) is 52.9 Å². The van der Waals surface area contributed by atoms with E-state index < -0.39 is 5.91 Å². The second-order valence-electron chi connectivity index (χ2n) is 7.47. The molecule has 0 atom stereocenters. The smallest absolute Gasteiger partial charge is 0.268 e. The van der Waals surface area contributed by atoms with E-state index in [4.69, 9.17) is 9.47 Å². The monoisotopic (exact) mass is 464 g/mol. The van der Waals surface area contributed by atoms with E-state index in [1.54, 1.807) is 13.2 Å². The van der Waals surface area contributed by atoms with Gasteiger partial charge in [-0.3, -0.25) is 10.1 Å². The summed E-state index contributed by atoms with van der Waals surface area (Å²) in [6.45, 7) is 6.67. The molecule has 1 aliphatic heterocycles. The number of benzene rings is 1. The number of anilines is 2. The van der Waals surface area contributed by atoms with E-state index in [9.17, 15) is 10.1 Å². The fraction of sp³-hybridized carbons (Fsp3) is 0.304. The van der Waals surface area contributed by atoms with Crippen LogP contribution in [0.4, 0.5) is 10.3 Å². The largest absolute Gasteiger partial charge is 0.497 e. The predicted molar refractivity (Wildman–Crippen MR) is 127 cm³/mol. The van der Waals surface area contributed by atoms with Gasteiger partial charge in [0, 0.05) is 30.2 Å². The van der Waals surface area contributed by atoms with E-state index in [0.717, 1.165) is 46.6 Å². The number of carbonyl (C=O) groups excluding carboxylic acids is 1. The quantitative estimate of drug-likeness (QED) is 0.441. The van der Waals surface area contributed by atoms with E-state index in [1.165, 1.54) is 11.3 Å². The summed E-state index contributed by atoms with van der Waals surface area (Å²) >= 11 is 1.28. The van der Waals surface area contributed by atoms with Crippen molar-refractivity contribution in [1.82, 2.24) is 14.8 Å². The molecule has 0 saturated carbocycles. The van der Waals surface area contributed by atoms with Gasteiger partial charge in [0.05, 0.1) is 20.3 Å². The fourth-order valence-corrected chi connectivity index (χ4v) is 4.47. The van der Waals surface area contributed by atoms with Gasteiger partial charge in [-0.1, -0.05) is 11.3 Å². The number of nitriles is 1. The second-order valence-corrected chi connectivity index (χ2v) is 8.43. The number of aryl methyl sites for hydroxylation is 1. The minimum Gasteiger partial charge on any atom is -0.497 e. The summed E-state index contributed by atoms with van der Waals surface area (Å²) in [7, 11) is 1.63. The van der Waals surface area contributed by atoms with Gasteiger partial charge in [0.1, 0.15) is 17.4 Å². The molecule has 9 nitrogen and oxygen atoms in total. The first-order valence-corrected chi connectivity index (χ1v) is 11.2. The fourth-order valence-electron chi connectivity index (χ4n) is 3.68. The molecule has 33 heavy (non-hydrogen) atoms. The van der Waals surface area contributed by atoms with Crippen LogP contribution in [-0.2, 0) is 9.53 Å². The number of aromatic nitrogens is 3. The van der Waals surface area contributed by atoms with Crippen molar-refractivity contribution in [2.24, 2.45) is 0 Å². The molecular weight excluding hydrogens is 440 g/mol. The van der Waals surface area contributed by atoms with E-state index in [0.29, 0.717) is 18.3 Å². The van der Waals surface area contributed by atoms with Gasteiger partial charge in [0.2, 0.25) is 10.3 Å². The molecule has 1 fully saturated rings. The molecule has 0 bridgehead atoms. The maximum Gasteiger partial charge on any atom is 0.268 e. The molecule has 4 rings (SSSR count). The summed E-state index contributed by atoms with van der Waals surface area (Å²) in [5.41, 5.74) is 3.66. The van der Waals surface area contributed by atoms with Crippen LogP contribution >= 0.6 is 11.3 Å². The van der Waals surface area contributed by atoms with Gasteiger partial charge in [0.25, 0.3) is 5.91 Å². The topological polar surface area (TPSA) is 105 Å². The number of hydrogen-bond donors (Lipinski definition) is 1. The Hall–Kier alpha value is -3.68. The zero-order valence-electron chi connectivity index (χ0n) is 18.7. The van der Waals surface area contributed by atoms with Crippen molar-refractivity contribution in [3.63, 3.8) is 0 Å². The Morgan fingerprint density at radius 2 is 1.97 bits per heavy atom. The second kappa shape index (κ2) is 9.85. The normalized spacial score (nSPS) is 14.1. The highest BCUT2D eigenvalue weighted by Crippen LogP contribution is 2.26. The zero-order chi connectivity index (χ0) is 23.4. The lowest BCUT2D eigenvalue weighted by Crippen LogP contribution is -2.36. The molecule has 0 spiro atoms. The number of hydrogen-bond acceptors (Lipinski definition) is 8. The van der Waals surface area contributed by atoms with E-state index in [1.807, 2.05) is 50.2 Å². The van der Waals surface area contributed by atoms with Gasteiger partial charge < -0.3 is 18.9 Å². The van der Waals surface area contributed by atoms with Gasteiger partial charge in [-0.2, -0.15) is 5.26 Å². The molecule has 0 radical (unpaired) electrons. The number of nitrogens with zero attached hydrogens (tertiary/aromatic N) is 5. The Balaban J connectivity index is 1.53. The highest BCUT2D eigenvalue weighted by Gasteiger charge is 2.19. The van der Waals surface area contributed by atoms with Gasteiger partial charge in [-0.05, 0) is 55.8 Å². The molecule has 3 aromatic rings. The minimum absolute atomic E-state index is 0.00639. The third-order valence-corrected chi connectivity index (χ3v) is 6.28. The lowest BCUT2D eigenvalue weighted by atomic mass is 10.1. The van der Waals surface area contributed by atoms with Crippen LogP contribution in [-0.4, -0.2) is 54.1 Å². The van der Waals surface area contributed by atoms with Crippen LogP contribution in [0.5, 0.6) is 5.75 Å². The number of carbonyl (C=O) groups is 1. The van der Waals surface area contributed by atoms with Crippen molar-refractivity contribution < 1.29 is 14.3 Å². The Bertz CT molecular complexity index is 1220. The number of nitrogens with one attached hydrogen (secondary N) is 1. The summed E-state index contributed by atoms with van der Waals surface area (Å²) in [6.07, 6.45) is 1.60. The van der Waals surface area contributed by atoms with Gasteiger partial charge >= 0.3 is 0 Å². The number of methoxy groups -OCH3 is 1. The predicted octanol–water partition coefficient (Wildman–Crippen LogP) is 3.34. The zero-order valence-corrected chi connectivity index (χ0v) is 19.5. The van der Waals surface area contributed by atoms with Gasteiger partial charge in [-0.15, -0.1) is 10.2 Å². The number of ether oxygens (including phenoxy) is 2. The van der Waals surface area contributed by atoms with Crippen molar-refractivity contribution >= 4 is 33.6 Å². The van der Waals surface area contributed by atoms with Crippen LogP contribution in [0.3, 0.4) is 0 Å². The third-order valence-electron chi connectivity index (χ3n) is 5.38. The van der Waals surface area contributed by atoms with Gasteiger partial charge in [0.15, 0.2) is 0 Å². The highest BCUT2D eigenvalue weighted by atomic mass is 32.1. The van der Waals surface area contributed by atoms with Crippen molar-refractivity contribution in [2.75, 3.05) is 43.6 Å². The van der Waals surface area contributed by atoms with Crippen molar-refractivity contribution in [2.45, 2.75) is 13.8 Å². The minimum atomic E-state index is -0.517. The lowest BCUT2D eigenvalue weighted by Gasteiger charge is -2.25. The van der Waals surface area contributed by atoms with Crippen LogP contribution in [0.25, 0.3) is 11.8 Å². The summed E-state index contributed by atoms with van der Waals surface area (Å²) in [5.74, 6) is 0.259. The molecule has 0 aliphatic carbocycles. The van der Waals surface area contributed by atoms with E-state index in [-0.39, 0.29) is 5.57 Å². The first-order chi connectivity index (χ1) is 16.0. The molecule has 170 valence electrons. The summed E-state index contributed by atoms with van der Waals surface area (Å²) in [4.78, 5) is 14.8. The van der Waals surface area contributed by atoms with Crippen LogP contribution in [0.2, 0.25) is 0 Å². The molecule has 1 N–H and O–H groups in total. The Labute approximate surface area is 195 Å². The van der Waals surface area contributed by atoms with Crippen LogP contribution in [0.1, 0.15) is 17.0 Å². The van der Waals surface area contributed by atoms with Gasteiger partial charge in [-0.25, -0.2) is 0 Å². The molecule has 2 aromatic heterocycles. The molecule has 1 saturated heterocycles. The third kappa shape index (κ3) is 4.89. The first-order valence-electron chi connectivity index (χ1n) is 10.4. The first kappa shape index (κ1) is 22.5. The Morgan fingerprint density at radius 3 is 2.64 bits per heavy atom. The molecule has 3 heterocycles. The maximum atomic E-state index is 12.8. The molecule has 1 aromatic carbocycles. The summed E-state index contributed by atoms with van der Waals surface area (Å²) < 4.78 is 12.6. The van der Waals surface area contributed by atoms with E-state index >= 15 is 0 Å². The van der Waals surface area contributed by atoms with Crippen LogP contribution in [0, 0.1) is 25.2 Å². The average Bonchev–Trinajstić information content (AvgIpc) is 3.41. The SMILES string of the molecule is COc1ccc(-n2c(C)cc(/C=C(/C#N)C(=O)Nc3nnc(N4CCOCC4)s3)c2C)cc1. The Kier molecular flexibility index (Phi) is 6.72. The molecule has 10 heteroatoms. The molecular formula is C23H24N6O3S. The maximum absolute atomic E-state index is 12.8. The summed E-state index contributed by atoms with van der Waals surface area (Å²) in [5, 5.41) is 21.6. The highest BCUT2D eigenvalue weighted by molar-refractivity contribution is 7.19. The Morgan fingerprint density at radius 1 is 1.24 bits per heavy atom. The molecule has 1 aliphatic rings. The number of rotatable bonds is 6. The van der Waals surface area contributed by atoms with Crippen LogP contribution in [0.15, 0.2) is 35.9 Å². The lowest BCUT2D eigenvalue weighted by molar-refractivity contribution is -0.112. The summed E-state index contributed by atoms with van der Waals surface area (Å²) in [6, 6.07) is 11.7. The van der Waals surface area contributed by atoms with Crippen LogP contribution < -0.4 is 15.0 Å². The number of amides is 1.